The fraction of sp³-hybridized carbons (Fsp3) is 0.917. The van der Waals surface area contributed by atoms with Gasteiger partial charge in [0.15, 0.2) is 0 Å². The van der Waals surface area contributed by atoms with Gasteiger partial charge < -0.3 is 16.2 Å². The van der Waals surface area contributed by atoms with Crippen molar-refractivity contribution in [2.45, 2.75) is 44.9 Å². The van der Waals surface area contributed by atoms with Crippen molar-refractivity contribution in [2.24, 2.45) is 11.1 Å². The van der Waals surface area contributed by atoms with E-state index >= 15 is 0 Å². The smallest absolute Gasteiger partial charge is 0.220 e. The van der Waals surface area contributed by atoms with E-state index in [-0.39, 0.29) is 17.9 Å². The summed E-state index contributed by atoms with van der Waals surface area (Å²) in [6.45, 7) is 1.36. The van der Waals surface area contributed by atoms with Gasteiger partial charge in [-0.05, 0) is 25.8 Å². The van der Waals surface area contributed by atoms with Crippen LogP contribution in [0.25, 0.3) is 0 Å². The minimum absolute atomic E-state index is 0.0589. The fourth-order valence-corrected chi connectivity index (χ4v) is 2.33. The Morgan fingerprint density at radius 2 is 2.00 bits per heavy atom. The first kappa shape index (κ1) is 13.5. The summed E-state index contributed by atoms with van der Waals surface area (Å²) < 4.78 is 0. The summed E-state index contributed by atoms with van der Waals surface area (Å²) in [5, 5.41) is 12.4. The lowest BCUT2D eigenvalue weighted by atomic mass is 9.74. The molecule has 4 heteroatoms. The summed E-state index contributed by atoms with van der Waals surface area (Å²) >= 11 is 0. The molecule has 0 unspecified atom stereocenters. The molecule has 4 nitrogen and oxygen atoms in total. The fourth-order valence-electron chi connectivity index (χ4n) is 2.33. The molecule has 0 bridgehead atoms. The lowest BCUT2D eigenvalue weighted by Crippen LogP contribution is -2.41. The third kappa shape index (κ3) is 4.10. The van der Waals surface area contributed by atoms with Crippen molar-refractivity contribution in [1.29, 1.82) is 0 Å². The van der Waals surface area contributed by atoms with Crippen molar-refractivity contribution >= 4 is 5.91 Å². The van der Waals surface area contributed by atoms with E-state index in [2.05, 4.69) is 5.32 Å². The van der Waals surface area contributed by atoms with Crippen LogP contribution in [0.3, 0.4) is 0 Å². The van der Waals surface area contributed by atoms with E-state index in [1.807, 2.05) is 0 Å². The minimum atomic E-state index is -0.0589. The molecule has 0 aromatic carbocycles. The van der Waals surface area contributed by atoms with E-state index in [9.17, 15) is 9.90 Å². The molecular weight excluding hydrogens is 204 g/mol. The topological polar surface area (TPSA) is 75.4 Å². The third-order valence-electron chi connectivity index (χ3n) is 3.52. The van der Waals surface area contributed by atoms with Crippen LogP contribution < -0.4 is 11.1 Å². The maximum atomic E-state index is 11.5. The molecule has 0 atom stereocenters. The first-order valence-electron chi connectivity index (χ1n) is 6.30. The van der Waals surface area contributed by atoms with E-state index < -0.39 is 0 Å². The molecular formula is C12H24N2O2. The van der Waals surface area contributed by atoms with Gasteiger partial charge in [0, 0.05) is 18.4 Å². The van der Waals surface area contributed by atoms with Crippen molar-refractivity contribution in [1.82, 2.24) is 5.32 Å². The SMILES string of the molecule is NCCCC(=O)NCC1(CO)CCCCC1. The summed E-state index contributed by atoms with van der Waals surface area (Å²) in [6.07, 6.45) is 6.87. The maximum absolute atomic E-state index is 11.5. The van der Waals surface area contributed by atoms with Crippen molar-refractivity contribution in [3.63, 3.8) is 0 Å². The predicted octanol–water partition coefficient (Wildman–Crippen LogP) is 0.784. The Morgan fingerprint density at radius 1 is 1.31 bits per heavy atom. The highest BCUT2D eigenvalue weighted by atomic mass is 16.3. The molecule has 16 heavy (non-hydrogen) atoms. The third-order valence-corrected chi connectivity index (χ3v) is 3.52. The van der Waals surface area contributed by atoms with Crippen molar-refractivity contribution in [3.8, 4) is 0 Å². The second-order valence-corrected chi connectivity index (χ2v) is 4.89. The summed E-state index contributed by atoms with van der Waals surface area (Å²) in [4.78, 5) is 11.5. The van der Waals surface area contributed by atoms with Gasteiger partial charge in [0.25, 0.3) is 0 Å². The standard InChI is InChI=1S/C12H24N2O2/c13-8-4-5-11(16)14-9-12(10-15)6-2-1-3-7-12/h15H,1-10,13H2,(H,14,16). The zero-order valence-corrected chi connectivity index (χ0v) is 10.0. The number of rotatable bonds is 6. The van der Waals surface area contributed by atoms with Gasteiger partial charge in [-0.25, -0.2) is 0 Å². The van der Waals surface area contributed by atoms with Gasteiger partial charge in [0.1, 0.15) is 0 Å². The van der Waals surface area contributed by atoms with E-state index in [0.29, 0.717) is 19.5 Å². The van der Waals surface area contributed by atoms with Gasteiger partial charge in [-0.15, -0.1) is 0 Å². The molecule has 1 saturated carbocycles. The molecule has 1 aliphatic rings. The number of aliphatic hydroxyl groups excluding tert-OH is 1. The van der Waals surface area contributed by atoms with E-state index in [0.717, 1.165) is 19.3 Å². The number of nitrogens with one attached hydrogen (secondary N) is 1. The molecule has 1 aliphatic carbocycles. The second kappa shape index (κ2) is 6.86. The Kier molecular flexibility index (Phi) is 5.77. The summed E-state index contributed by atoms with van der Waals surface area (Å²) in [6, 6.07) is 0. The Bertz CT molecular complexity index is 213. The Hall–Kier alpha value is -0.610. The lowest BCUT2D eigenvalue weighted by Gasteiger charge is -2.35. The number of aliphatic hydroxyl groups is 1. The molecule has 0 spiro atoms. The second-order valence-electron chi connectivity index (χ2n) is 4.89. The average Bonchev–Trinajstić information content (AvgIpc) is 2.35. The molecule has 1 rings (SSSR count). The van der Waals surface area contributed by atoms with Crippen LogP contribution in [-0.2, 0) is 4.79 Å². The van der Waals surface area contributed by atoms with Crippen molar-refractivity contribution in [3.05, 3.63) is 0 Å². The zero-order chi connectivity index (χ0) is 11.9. The highest BCUT2D eigenvalue weighted by Crippen LogP contribution is 2.35. The molecule has 0 saturated heterocycles. The van der Waals surface area contributed by atoms with Crippen LogP contribution in [0.2, 0.25) is 0 Å². The van der Waals surface area contributed by atoms with Crippen LogP contribution >= 0.6 is 0 Å². The van der Waals surface area contributed by atoms with E-state index in [1.165, 1.54) is 19.3 Å². The summed E-state index contributed by atoms with van der Waals surface area (Å²) in [7, 11) is 0. The molecule has 0 radical (unpaired) electrons. The lowest BCUT2D eigenvalue weighted by molar-refractivity contribution is -0.122. The first-order chi connectivity index (χ1) is 7.72. The molecule has 0 aromatic heterocycles. The van der Waals surface area contributed by atoms with Crippen LogP contribution in [0.5, 0.6) is 0 Å². The van der Waals surface area contributed by atoms with Gasteiger partial charge >= 0.3 is 0 Å². The maximum Gasteiger partial charge on any atom is 0.220 e. The van der Waals surface area contributed by atoms with Crippen LogP contribution in [-0.4, -0.2) is 30.7 Å². The van der Waals surface area contributed by atoms with E-state index in [1.54, 1.807) is 0 Å². The Balaban J connectivity index is 2.30. The summed E-state index contributed by atoms with van der Waals surface area (Å²) in [5.74, 6) is 0.0591. The van der Waals surface area contributed by atoms with Crippen LogP contribution in [0.4, 0.5) is 0 Å². The number of amides is 1. The van der Waals surface area contributed by atoms with Gasteiger partial charge in [0.05, 0.1) is 6.61 Å². The van der Waals surface area contributed by atoms with Crippen molar-refractivity contribution < 1.29 is 9.90 Å². The number of hydrogen-bond donors (Lipinski definition) is 3. The number of carbonyl (C=O) groups is 1. The molecule has 0 aromatic rings. The van der Waals surface area contributed by atoms with Gasteiger partial charge in [0.2, 0.25) is 5.91 Å². The monoisotopic (exact) mass is 228 g/mol. The van der Waals surface area contributed by atoms with Gasteiger partial charge in [-0.3, -0.25) is 4.79 Å². The van der Waals surface area contributed by atoms with E-state index in [4.69, 9.17) is 5.73 Å². The Labute approximate surface area is 97.6 Å². The molecule has 1 amide bonds. The number of hydrogen-bond acceptors (Lipinski definition) is 3. The molecule has 94 valence electrons. The molecule has 0 aliphatic heterocycles. The summed E-state index contributed by atoms with van der Waals surface area (Å²) in [5.41, 5.74) is 5.29. The minimum Gasteiger partial charge on any atom is -0.396 e. The van der Waals surface area contributed by atoms with Crippen LogP contribution in [0, 0.1) is 5.41 Å². The Morgan fingerprint density at radius 3 is 2.56 bits per heavy atom. The number of carbonyl (C=O) groups excluding carboxylic acids is 1. The molecule has 4 N–H and O–H groups in total. The quantitative estimate of drug-likeness (QED) is 0.629. The van der Waals surface area contributed by atoms with Crippen molar-refractivity contribution in [2.75, 3.05) is 19.7 Å². The zero-order valence-electron chi connectivity index (χ0n) is 10.0. The molecule has 1 fully saturated rings. The van der Waals surface area contributed by atoms with Crippen LogP contribution in [0.15, 0.2) is 0 Å². The first-order valence-corrected chi connectivity index (χ1v) is 6.30. The largest absolute Gasteiger partial charge is 0.396 e. The van der Waals surface area contributed by atoms with Gasteiger partial charge in [-0.2, -0.15) is 0 Å². The highest BCUT2D eigenvalue weighted by Gasteiger charge is 2.31. The predicted molar refractivity (Wildman–Crippen MR) is 63.9 cm³/mol. The molecule has 0 heterocycles. The number of nitrogens with two attached hydrogens (primary N) is 1. The van der Waals surface area contributed by atoms with Gasteiger partial charge in [-0.1, -0.05) is 19.3 Å². The highest BCUT2D eigenvalue weighted by molar-refractivity contribution is 5.75. The normalized spacial score (nSPS) is 19.4. The average molecular weight is 228 g/mol. The van der Waals surface area contributed by atoms with Crippen LogP contribution in [0.1, 0.15) is 44.9 Å².